The first-order valence-corrected chi connectivity index (χ1v) is 9.13. The second kappa shape index (κ2) is 8.29. The maximum Gasteiger partial charge on any atom is 0.242 e. The molecule has 140 valence electrons. The van der Waals surface area contributed by atoms with E-state index in [1.54, 1.807) is 17.0 Å². The number of hydrogen-bond acceptors (Lipinski definition) is 3. The first-order chi connectivity index (χ1) is 12.5. The molecule has 1 aromatic rings. The van der Waals surface area contributed by atoms with Crippen LogP contribution in [0.2, 0.25) is 0 Å². The van der Waals surface area contributed by atoms with Gasteiger partial charge in [0.05, 0.1) is 12.3 Å². The van der Waals surface area contributed by atoms with Gasteiger partial charge in [0.25, 0.3) is 0 Å². The van der Waals surface area contributed by atoms with Gasteiger partial charge in [-0.05, 0) is 43.4 Å². The van der Waals surface area contributed by atoms with Crippen molar-refractivity contribution in [3.8, 4) is 0 Å². The number of benzene rings is 1. The number of halogens is 1. The number of rotatable bonds is 4. The quantitative estimate of drug-likeness (QED) is 0.840. The molecule has 3 amide bonds. The van der Waals surface area contributed by atoms with Crippen LogP contribution < -0.4 is 10.6 Å². The Morgan fingerprint density at radius 1 is 1.19 bits per heavy atom. The first kappa shape index (κ1) is 18.4. The number of carbonyl (C=O) groups is 3. The smallest absolute Gasteiger partial charge is 0.242 e. The van der Waals surface area contributed by atoms with Crippen molar-refractivity contribution in [3.63, 3.8) is 0 Å². The molecule has 2 atom stereocenters. The van der Waals surface area contributed by atoms with Gasteiger partial charge < -0.3 is 15.5 Å². The maximum absolute atomic E-state index is 13.0. The van der Waals surface area contributed by atoms with Gasteiger partial charge in [-0.15, -0.1) is 0 Å². The van der Waals surface area contributed by atoms with Crippen LogP contribution in [0.25, 0.3) is 0 Å². The van der Waals surface area contributed by atoms with Gasteiger partial charge in [0.15, 0.2) is 0 Å². The lowest BCUT2D eigenvalue weighted by Gasteiger charge is -2.33. The van der Waals surface area contributed by atoms with Crippen LogP contribution in [0.5, 0.6) is 0 Å². The van der Waals surface area contributed by atoms with E-state index < -0.39 is 6.04 Å². The maximum atomic E-state index is 13.0. The van der Waals surface area contributed by atoms with E-state index in [0.717, 1.165) is 18.4 Å². The van der Waals surface area contributed by atoms with Crippen LogP contribution in [-0.4, -0.2) is 48.3 Å². The SMILES string of the molecule is O=C(NC1CCCNC1=O)C1CCCN(C(=O)Cc2ccc(F)cc2)C1. The molecule has 2 heterocycles. The highest BCUT2D eigenvalue weighted by molar-refractivity contribution is 5.89. The summed E-state index contributed by atoms with van der Waals surface area (Å²) in [5.74, 6) is -0.987. The van der Waals surface area contributed by atoms with E-state index in [-0.39, 0.29) is 35.9 Å². The van der Waals surface area contributed by atoms with Gasteiger partial charge >= 0.3 is 0 Å². The number of likely N-dealkylation sites (tertiary alicyclic amines) is 1. The first-order valence-electron chi connectivity index (χ1n) is 9.13. The molecule has 0 spiro atoms. The molecule has 1 aromatic carbocycles. The highest BCUT2D eigenvalue weighted by Gasteiger charge is 2.31. The van der Waals surface area contributed by atoms with Crippen LogP contribution in [0.3, 0.4) is 0 Å². The van der Waals surface area contributed by atoms with Crippen molar-refractivity contribution in [3.05, 3.63) is 35.6 Å². The van der Waals surface area contributed by atoms with Crippen molar-refractivity contribution in [1.29, 1.82) is 0 Å². The Bertz CT molecular complexity index is 677. The van der Waals surface area contributed by atoms with E-state index >= 15 is 0 Å². The number of nitrogens with zero attached hydrogens (tertiary/aromatic N) is 1. The molecule has 2 saturated heterocycles. The average molecular weight is 361 g/mol. The Morgan fingerprint density at radius 3 is 2.69 bits per heavy atom. The minimum Gasteiger partial charge on any atom is -0.354 e. The molecule has 2 unspecified atom stereocenters. The zero-order chi connectivity index (χ0) is 18.5. The highest BCUT2D eigenvalue weighted by atomic mass is 19.1. The third-order valence-electron chi connectivity index (χ3n) is 5.02. The normalized spacial score (nSPS) is 23.3. The third-order valence-corrected chi connectivity index (χ3v) is 5.02. The second-order valence-corrected chi connectivity index (χ2v) is 6.98. The van der Waals surface area contributed by atoms with Crippen molar-refractivity contribution in [2.75, 3.05) is 19.6 Å². The van der Waals surface area contributed by atoms with Gasteiger partial charge in [0, 0.05) is 19.6 Å². The summed E-state index contributed by atoms with van der Waals surface area (Å²) >= 11 is 0. The standard InChI is InChI=1S/C19H24FN3O3/c20-15-7-5-13(6-8-15)11-17(24)23-10-2-3-14(12-23)18(25)22-16-4-1-9-21-19(16)26/h5-8,14,16H,1-4,9-12H2,(H,21,26)(H,22,25). The fraction of sp³-hybridized carbons (Fsp3) is 0.526. The summed E-state index contributed by atoms with van der Waals surface area (Å²) in [7, 11) is 0. The van der Waals surface area contributed by atoms with Gasteiger partial charge in [-0.1, -0.05) is 12.1 Å². The van der Waals surface area contributed by atoms with Crippen molar-refractivity contribution in [2.45, 2.75) is 38.1 Å². The van der Waals surface area contributed by atoms with Gasteiger partial charge in [-0.2, -0.15) is 0 Å². The zero-order valence-corrected chi connectivity index (χ0v) is 14.7. The largest absolute Gasteiger partial charge is 0.354 e. The van der Waals surface area contributed by atoms with E-state index in [9.17, 15) is 18.8 Å². The van der Waals surface area contributed by atoms with E-state index in [0.29, 0.717) is 32.5 Å². The lowest BCUT2D eigenvalue weighted by molar-refractivity contribution is -0.137. The molecule has 2 aliphatic heterocycles. The van der Waals surface area contributed by atoms with Crippen molar-refractivity contribution in [1.82, 2.24) is 15.5 Å². The molecule has 0 aliphatic carbocycles. The summed E-state index contributed by atoms with van der Waals surface area (Å²) in [6, 6.07) is 5.40. The van der Waals surface area contributed by atoms with E-state index in [1.807, 2.05) is 0 Å². The number of carbonyl (C=O) groups excluding carboxylic acids is 3. The molecule has 2 N–H and O–H groups in total. The molecule has 0 radical (unpaired) electrons. The molecule has 26 heavy (non-hydrogen) atoms. The van der Waals surface area contributed by atoms with Gasteiger partial charge in [0.1, 0.15) is 11.9 Å². The van der Waals surface area contributed by atoms with Crippen LogP contribution in [0.15, 0.2) is 24.3 Å². The minimum absolute atomic E-state index is 0.0653. The van der Waals surface area contributed by atoms with Crippen LogP contribution in [0, 0.1) is 11.7 Å². The lowest BCUT2D eigenvalue weighted by Crippen LogP contribution is -2.53. The number of piperidine rings is 2. The molecule has 0 saturated carbocycles. The van der Waals surface area contributed by atoms with Crippen molar-refractivity contribution in [2.24, 2.45) is 5.92 Å². The van der Waals surface area contributed by atoms with Crippen LogP contribution >= 0.6 is 0 Å². The van der Waals surface area contributed by atoms with E-state index in [2.05, 4.69) is 10.6 Å². The Labute approximate surface area is 152 Å². The van der Waals surface area contributed by atoms with Crippen molar-refractivity contribution >= 4 is 17.7 Å². The Kier molecular flexibility index (Phi) is 5.85. The van der Waals surface area contributed by atoms with Gasteiger partial charge in [-0.25, -0.2) is 4.39 Å². The van der Waals surface area contributed by atoms with Gasteiger partial charge in [-0.3, -0.25) is 14.4 Å². The predicted molar refractivity (Wildman–Crippen MR) is 93.6 cm³/mol. The molecule has 2 aliphatic rings. The second-order valence-electron chi connectivity index (χ2n) is 6.98. The molecule has 7 heteroatoms. The average Bonchev–Trinajstić information content (AvgIpc) is 2.65. The molecular weight excluding hydrogens is 337 g/mol. The zero-order valence-electron chi connectivity index (χ0n) is 14.7. The summed E-state index contributed by atoms with van der Waals surface area (Å²) in [6.07, 6.45) is 3.16. The molecule has 2 fully saturated rings. The fourth-order valence-corrected chi connectivity index (χ4v) is 3.51. The topological polar surface area (TPSA) is 78.5 Å². The summed E-state index contributed by atoms with van der Waals surface area (Å²) in [5.41, 5.74) is 0.752. The third kappa shape index (κ3) is 4.59. The fourth-order valence-electron chi connectivity index (χ4n) is 3.51. The molecule has 3 rings (SSSR count). The Balaban J connectivity index is 1.54. The summed E-state index contributed by atoms with van der Waals surface area (Å²) < 4.78 is 13.0. The molecular formula is C19H24FN3O3. The lowest BCUT2D eigenvalue weighted by atomic mass is 9.95. The Morgan fingerprint density at radius 2 is 1.96 bits per heavy atom. The monoisotopic (exact) mass is 361 g/mol. The highest BCUT2D eigenvalue weighted by Crippen LogP contribution is 2.19. The summed E-state index contributed by atoms with van der Waals surface area (Å²) in [6.45, 7) is 1.63. The summed E-state index contributed by atoms with van der Waals surface area (Å²) in [4.78, 5) is 38.5. The number of nitrogens with one attached hydrogen (secondary N) is 2. The van der Waals surface area contributed by atoms with Crippen LogP contribution in [-0.2, 0) is 20.8 Å². The Hall–Kier alpha value is -2.44. The number of hydrogen-bond donors (Lipinski definition) is 2. The predicted octanol–water partition coefficient (Wildman–Crippen LogP) is 1.00. The summed E-state index contributed by atoms with van der Waals surface area (Å²) in [5, 5.41) is 5.58. The van der Waals surface area contributed by atoms with Crippen molar-refractivity contribution < 1.29 is 18.8 Å². The molecule has 0 aromatic heterocycles. The molecule has 0 bridgehead atoms. The van der Waals surface area contributed by atoms with Crippen LogP contribution in [0.4, 0.5) is 4.39 Å². The minimum atomic E-state index is -0.471. The molecule has 6 nitrogen and oxygen atoms in total. The van der Waals surface area contributed by atoms with Gasteiger partial charge in [0.2, 0.25) is 17.7 Å². The van der Waals surface area contributed by atoms with E-state index in [4.69, 9.17) is 0 Å². The van der Waals surface area contributed by atoms with Crippen LogP contribution in [0.1, 0.15) is 31.2 Å². The number of amides is 3. The van der Waals surface area contributed by atoms with E-state index in [1.165, 1.54) is 12.1 Å².